The molecule has 112 valence electrons. The predicted molar refractivity (Wildman–Crippen MR) is 73.0 cm³/mol. The van der Waals surface area contributed by atoms with Gasteiger partial charge in [-0.3, -0.25) is 9.69 Å². The van der Waals surface area contributed by atoms with Crippen molar-refractivity contribution in [2.45, 2.75) is 62.3 Å². The Kier molecular flexibility index (Phi) is 2.88. The molecule has 2 N–H and O–H groups in total. The van der Waals surface area contributed by atoms with Crippen LogP contribution in [-0.4, -0.2) is 69.3 Å². The summed E-state index contributed by atoms with van der Waals surface area (Å²) in [5, 5.41) is 21.3. The number of fused-ring (bicyclic) bond motifs is 2. The lowest BCUT2D eigenvalue weighted by atomic mass is 9.65. The fourth-order valence-corrected chi connectivity index (χ4v) is 5.31. The third-order valence-corrected chi connectivity index (χ3v) is 5.94. The van der Waals surface area contributed by atoms with Gasteiger partial charge in [0.2, 0.25) is 5.91 Å². The van der Waals surface area contributed by atoms with Crippen LogP contribution >= 0.6 is 0 Å². The SMILES string of the molecule is O=C1CCC[C@@H]2[C@@H]3C[C@H](O)CN4CCC[C@@](O)(CN12)[C@H]34. The monoisotopic (exact) mass is 280 g/mol. The Labute approximate surface area is 119 Å². The Hall–Kier alpha value is -0.650. The van der Waals surface area contributed by atoms with E-state index < -0.39 is 5.60 Å². The van der Waals surface area contributed by atoms with Crippen LogP contribution in [0.1, 0.15) is 38.5 Å². The second-order valence-electron chi connectivity index (χ2n) is 7.18. The fraction of sp³-hybridized carbons (Fsp3) is 0.933. The second kappa shape index (κ2) is 4.42. The van der Waals surface area contributed by atoms with Crippen molar-refractivity contribution >= 4 is 5.91 Å². The Morgan fingerprint density at radius 3 is 3.00 bits per heavy atom. The van der Waals surface area contributed by atoms with Gasteiger partial charge in [-0.25, -0.2) is 0 Å². The lowest BCUT2D eigenvalue weighted by Gasteiger charge is -2.62. The van der Waals surface area contributed by atoms with Crippen LogP contribution in [0.5, 0.6) is 0 Å². The van der Waals surface area contributed by atoms with Crippen molar-refractivity contribution in [3.05, 3.63) is 0 Å². The molecule has 5 heteroatoms. The molecule has 4 rings (SSSR count). The average molecular weight is 280 g/mol. The lowest BCUT2D eigenvalue weighted by Crippen LogP contribution is -2.75. The summed E-state index contributed by atoms with van der Waals surface area (Å²) < 4.78 is 0. The Morgan fingerprint density at radius 1 is 1.30 bits per heavy atom. The number of carbonyl (C=O) groups is 1. The zero-order valence-corrected chi connectivity index (χ0v) is 11.9. The van der Waals surface area contributed by atoms with Crippen LogP contribution in [0.4, 0.5) is 0 Å². The van der Waals surface area contributed by atoms with E-state index in [-0.39, 0.29) is 30.0 Å². The van der Waals surface area contributed by atoms with E-state index in [0.717, 1.165) is 38.6 Å². The third-order valence-electron chi connectivity index (χ3n) is 5.94. The van der Waals surface area contributed by atoms with Crippen LogP contribution in [-0.2, 0) is 4.79 Å². The number of piperidine rings is 4. The number of nitrogens with zero attached hydrogens (tertiary/aromatic N) is 2. The highest BCUT2D eigenvalue weighted by Gasteiger charge is 2.58. The molecule has 0 aromatic carbocycles. The van der Waals surface area contributed by atoms with Crippen molar-refractivity contribution in [3.63, 3.8) is 0 Å². The van der Waals surface area contributed by atoms with Gasteiger partial charge in [0.15, 0.2) is 0 Å². The van der Waals surface area contributed by atoms with Crippen molar-refractivity contribution in [3.8, 4) is 0 Å². The fourth-order valence-electron chi connectivity index (χ4n) is 5.31. The summed E-state index contributed by atoms with van der Waals surface area (Å²) in [6, 6.07) is 0.379. The summed E-state index contributed by atoms with van der Waals surface area (Å²) >= 11 is 0. The van der Waals surface area contributed by atoms with Crippen molar-refractivity contribution < 1.29 is 15.0 Å². The topological polar surface area (TPSA) is 64.0 Å². The van der Waals surface area contributed by atoms with Crippen molar-refractivity contribution in [2.75, 3.05) is 19.6 Å². The summed E-state index contributed by atoms with van der Waals surface area (Å²) in [5.74, 6) is 0.437. The quantitative estimate of drug-likeness (QED) is 0.653. The van der Waals surface area contributed by atoms with Gasteiger partial charge in [0.05, 0.1) is 18.2 Å². The highest BCUT2D eigenvalue weighted by Crippen LogP contribution is 2.46. The third kappa shape index (κ3) is 1.76. The summed E-state index contributed by atoms with van der Waals surface area (Å²) in [6.45, 7) is 2.16. The summed E-state index contributed by atoms with van der Waals surface area (Å²) in [4.78, 5) is 16.5. The van der Waals surface area contributed by atoms with Crippen LogP contribution in [0.2, 0.25) is 0 Å². The second-order valence-corrected chi connectivity index (χ2v) is 7.18. The maximum Gasteiger partial charge on any atom is 0.222 e. The standard InChI is InChI=1S/C15H24N2O3/c18-10-7-11-12-3-1-4-13(19)17(12)9-15(20)5-2-6-16(8-10)14(11)15/h10-12,14,18,20H,1-9H2/t10-,11-,12+,14-,15+/m0/s1. The predicted octanol–water partition coefficient (Wildman–Crippen LogP) is -0.0426. The maximum absolute atomic E-state index is 12.2. The molecule has 0 saturated carbocycles. The molecule has 5 nitrogen and oxygen atoms in total. The van der Waals surface area contributed by atoms with Gasteiger partial charge in [0, 0.05) is 31.0 Å². The molecule has 4 aliphatic rings. The molecule has 20 heavy (non-hydrogen) atoms. The van der Waals surface area contributed by atoms with E-state index in [1.54, 1.807) is 0 Å². The van der Waals surface area contributed by atoms with Crippen LogP contribution < -0.4 is 0 Å². The van der Waals surface area contributed by atoms with Gasteiger partial charge in [-0.15, -0.1) is 0 Å². The first kappa shape index (κ1) is 13.0. The minimum Gasteiger partial charge on any atom is -0.392 e. The lowest BCUT2D eigenvalue weighted by molar-refractivity contribution is -0.200. The molecule has 0 bridgehead atoms. The van der Waals surface area contributed by atoms with E-state index in [4.69, 9.17) is 0 Å². The largest absolute Gasteiger partial charge is 0.392 e. The molecular formula is C15H24N2O3. The number of hydrogen-bond acceptors (Lipinski definition) is 4. The van der Waals surface area contributed by atoms with Gasteiger partial charge in [0.1, 0.15) is 0 Å². The van der Waals surface area contributed by atoms with Gasteiger partial charge in [-0.05, 0) is 38.6 Å². The normalized spacial score (nSPS) is 48.7. The molecule has 0 aromatic heterocycles. The highest BCUT2D eigenvalue weighted by atomic mass is 16.3. The summed E-state index contributed by atoms with van der Waals surface area (Å²) in [6.07, 6.45) is 4.78. The minimum atomic E-state index is -0.757. The molecule has 0 aromatic rings. The summed E-state index contributed by atoms with van der Waals surface area (Å²) in [5.41, 5.74) is -0.757. The maximum atomic E-state index is 12.2. The van der Waals surface area contributed by atoms with Gasteiger partial charge >= 0.3 is 0 Å². The molecule has 0 unspecified atom stereocenters. The molecule has 0 spiro atoms. The van der Waals surface area contributed by atoms with E-state index in [2.05, 4.69) is 4.90 Å². The Morgan fingerprint density at radius 2 is 2.15 bits per heavy atom. The zero-order valence-electron chi connectivity index (χ0n) is 11.9. The highest BCUT2D eigenvalue weighted by molar-refractivity contribution is 5.77. The minimum absolute atomic E-state index is 0.145. The molecule has 4 saturated heterocycles. The van der Waals surface area contributed by atoms with Crippen LogP contribution in [0.25, 0.3) is 0 Å². The van der Waals surface area contributed by atoms with Gasteiger partial charge in [-0.2, -0.15) is 0 Å². The molecule has 1 amide bonds. The molecule has 4 fully saturated rings. The number of hydrogen-bond donors (Lipinski definition) is 2. The molecule has 0 radical (unpaired) electrons. The first-order chi connectivity index (χ1) is 9.58. The molecule has 5 atom stereocenters. The van der Waals surface area contributed by atoms with Crippen LogP contribution in [0, 0.1) is 5.92 Å². The van der Waals surface area contributed by atoms with E-state index in [1.807, 2.05) is 4.90 Å². The Bertz CT molecular complexity index is 429. The van der Waals surface area contributed by atoms with Crippen molar-refractivity contribution in [1.82, 2.24) is 9.80 Å². The van der Waals surface area contributed by atoms with Gasteiger partial charge < -0.3 is 15.1 Å². The van der Waals surface area contributed by atoms with Gasteiger partial charge in [0.25, 0.3) is 0 Å². The summed E-state index contributed by atoms with van der Waals surface area (Å²) in [7, 11) is 0. The average Bonchev–Trinajstić information content (AvgIpc) is 2.39. The van der Waals surface area contributed by atoms with Crippen molar-refractivity contribution in [1.29, 1.82) is 0 Å². The van der Waals surface area contributed by atoms with E-state index >= 15 is 0 Å². The number of amides is 1. The Balaban J connectivity index is 1.72. The zero-order chi connectivity index (χ0) is 13.9. The number of carbonyl (C=O) groups excluding carboxylic acids is 1. The number of rotatable bonds is 0. The smallest absolute Gasteiger partial charge is 0.222 e. The van der Waals surface area contributed by atoms with Crippen LogP contribution in [0.3, 0.4) is 0 Å². The van der Waals surface area contributed by atoms with Gasteiger partial charge in [-0.1, -0.05) is 0 Å². The molecule has 4 aliphatic heterocycles. The molecule has 0 aliphatic carbocycles. The first-order valence-corrected chi connectivity index (χ1v) is 8.02. The van der Waals surface area contributed by atoms with Crippen molar-refractivity contribution in [2.24, 2.45) is 5.92 Å². The van der Waals surface area contributed by atoms with Crippen LogP contribution in [0.15, 0.2) is 0 Å². The molecule has 4 heterocycles. The van der Waals surface area contributed by atoms with E-state index in [1.165, 1.54) is 0 Å². The number of aliphatic hydroxyl groups is 2. The first-order valence-electron chi connectivity index (χ1n) is 8.02. The van der Waals surface area contributed by atoms with E-state index in [0.29, 0.717) is 19.5 Å². The molecular weight excluding hydrogens is 256 g/mol. The van der Waals surface area contributed by atoms with E-state index in [9.17, 15) is 15.0 Å². The number of aliphatic hydroxyl groups excluding tert-OH is 1.